The maximum atomic E-state index is 12.2. The molecule has 1 aromatic heterocycles. The van der Waals surface area contributed by atoms with Crippen molar-refractivity contribution in [1.82, 2.24) is 9.88 Å². The van der Waals surface area contributed by atoms with Crippen LogP contribution in [0.4, 0.5) is 0 Å². The molecular weight excluding hydrogens is 296 g/mol. The van der Waals surface area contributed by atoms with Crippen molar-refractivity contribution in [1.29, 1.82) is 0 Å². The lowest BCUT2D eigenvalue weighted by Crippen LogP contribution is -2.41. The van der Waals surface area contributed by atoms with Crippen LogP contribution in [0.25, 0.3) is 0 Å². The molecule has 0 aromatic carbocycles. The van der Waals surface area contributed by atoms with Gasteiger partial charge in [-0.15, -0.1) is 0 Å². The molecule has 0 bridgehead atoms. The molecule has 2 rings (SSSR count). The summed E-state index contributed by atoms with van der Waals surface area (Å²) in [7, 11) is 0. The summed E-state index contributed by atoms with van der Waals surface area (Å²) in [6.45, 7) is 8.17. The zero-order valence-electron chi connectivity index (χ0n) is 14.2. The number of hydrogen-bond donors (Lipinski definition) is 1. The SMILES string of the molecule is CC(=O)c1c(C)[nH]c(C(=O)OCC(=O)N2CCCC(C)C2)c1C. The number of nitrogens with one attached hydrogen (secondary N) is 1. The van der Waals surface area contributed by atoms with Crippen molar-refractivity contribution < 1.29 is 19.1 Å². The summed E-state index contributed by atoms with van der Waals surface area (Å²) in [5.41, 5.74) is 1.96. The van der Waals surface area contributed by atoms with Crippen molar-refractivity contribution >= 4 is 17.7 Å². The summed E-state index contributed by atoms with van der Waals surface area (Å²) in [6, 6.07) is 0. The minimum Gasteiger partial charge on any atom is -0.451 e. The molecule has 1 atom stereocenters. The van der Waals surface area contributed by atoms with E-state index in [-0.39, 0.29) is 24.0 Å². The Bertz CT molecular complexity index is 633. The number of H-pyrrole nitrogens is 1. The van der Waals surface area contributed by atoms with Gasteiger partial charge in [-0.1, -0.05) is 6.92 Å². The van der Waals surface area contributed by atoms with Crippen LogP contribution in [-0.2, 0) is 9.53 Å². The number of Topliss-reactive ketones (excluding diaryl/α,β-unsaturated/α-hetero) is 1. The molecule has 1 fully saturated rings. The Labute approximate surface area is 136 Å². The van der Waals surface area contributed by atoms with Gasteiger partial charge in [0.1, 0.15) is 5.69 Å². The predicted octanol–water partition coefficient (Wildman–Crippen LogP) is 2.25. The number of carbonyl (C=O) groups excluding carboxylic acids is 3. The van der Waals surface area contributed by atoms with Crippen LogP contribution in [0.3, 0.4) is 0 Å². The summed E-state index contributed by atoms with van der Waals surface area (Å²) in [4.78, 5) is 40.5. The molecule has 6 heteroatoms. The highest BCUT2D eigenvalue weighted by Gasteiger charge is 2.24. The van der Waals surface area contributed by atoms with E-state index >= 15 is 0 Å². The van der Waals surface area contributed by atoms with Crippen LogP contribution < -0.4 is 0 Å². The maximum Gasteiger partial charge on any atom is 0.355 e. The molecule has 1 N–H and O–H groups in total. The molecular formula is C17H24N2O4. The number of aromatic nitrogens is 1. The standard InChI is InChI=1S/C17H24N2O4/c1-10-6-5-7-19(8-10)14(21)9-23-17(22)16-11(2)15(13(4)20)12(3)18-16/h10,18H,5-9H2,1-4H3. The molecule has 0 radical (unpaired) electrons. The molecule has 1 aliphatic rings. The van der Waals surface area contributed by atoms with Gasteiger partial charge in [0.15, 0.2) is 12.4 Å². The topological polar surface area (TPSA) is 79.5 Å². The number of rotatable bonds is 4. The third-order valence-electron chi connectivity index (χ3n) is 4.33. The smallest absolute Gasteiger partial charge is 0.355 e. The van der Waals surface area contributed by atoms with Crippen molar-refractivity contribution in [3.8, 4) is 0 Å². The van der Waals surface area contributed by atoms with Gasteiger partial charge in [-0.05, 0) is 45.1 Å². The van der Waals surface area contributed by atoms with Crippen molar-refractivity contribution in [2.75, 3.05) is 19.7 Å². The van der Waals surface area contributed by atoms with Gasteiger partial charge in [-0.3, -0.25) is 9.59 Å². The van der Waals surface area contributed by atoms with Crippen LogP contribution in [0.1, 0.15) is 58.8 Å². The van der Waals surface area contributed by atoms with E-state index in [4.69, 9.17) is 4.74 Å². The van der Waals surface area contributed by atoms with E-state index in [9.17, 15) is 14.4 Å². The van der Waals surface area contributed by atoms with Gasteiger partial charge in [0.2, 0.25) is 0 Å². The Morgan fingerprint density at radius 3 is 2.57 bits per heavy atom. The molecule has 1 aliphatic heterocycles. The molecule has 23 heavy (non-hydrogen) atoms. The van der Waals surface area contributed by atoms with Crippen molar-refractivity contribution in [2.45, 2.75) is 40.5 Å². The van der Waals surface area contributed by atoms with Gasteiger partial charge in [-0.25, -0.2) is 4.79 Å². The first-order valence-corrected chi connectivity index (χ1v) is 7.96. The second-order valence-corrected chi connectivity index (χ2v) is 6.34. The van der Waals surface area contributed by atoms with Gasteiger partial charge in [-0.2, -0.15) is 0 Å². The van der Waals surface area contributed by atoms with Crippen LogP contribution >= 0.6 is 0 Å². The number of aromatic amines is 1. The number of piperidine rings is 1. The van der Waals surface area contributed by atoms with E-state index in [1.165, 1.54) is 6.92 Å². The Balaban J connectivity index is 1.99. The highest BCUT2D eigenvalue weighted by Crippen LogP contribution is 2.19. The Morgan fingerprint density at radius 2 is 2.00 bits per heavy atom. The van der Waals surface area contributed by atoms with Crippen LogP contribution in [0.5, 0.6) is 0 Å². The van der Waals surface area contributed by atoms with E-state index < -0.39 is 5.97 Å². The first kappa shape index (κ1) is 17.2. The largest absolute Gasteiger partial charge is 0.451 e. The zero-order valence-corrected chi connectivity index (χ0v) is 14.2. The number of nitrogens with zero attached hydrogens (tertiary/aromatic N) is 1. The van der Waals surface area contributed by atoms with E-state index in [1.807, 2.05) is 0 Å². The summed E-state index contributed by atoms with van der Waals surface area (Å²) >= 11 is 0. The van der Waals surface area contributed by atoms with Gasteiger partial charge >= 0.3 is 5.97 Å². The summed E-state index contributed by atoms with van der Waals surface area (Å²) in [6.07, 6.45) is 2.11. The van der Waals surface area contributed by atoms with Gasteiger partial charge in [0.25, 0.3) is 5.91 Å². The Morgan fingerprint density at radius 1 is 1.30 bits per heavy atom. The van der Waals surface area contributed by atoms with Crippen LogP contribution in [0, 0.1) is 19.8 Å². The highest BCUT2D eigenvalue weighted by atomic mass is 16.5. The predicted molar refractivity (Wildman–Crippen MR) is 85.5 cm³/mol. The summed E-state index contributed by atoms with van der Waals surface area (Å²) in [5, 5.41) is 0. The molecule has 0 saturated carbocycles. The lowest BCUT2D eigenvalue weighted by atomic mass is 10.0. The molecule has 0 spiro atoms. The molecule has 1 aromatic rings. The minimum atomic E-state index is -0.600. The molecule has 1 amide bonds. The number of likely N-dealkylation sites (tertiary alicyclic amines) is 1. The molecule has 1 saturated heterocycles. The van der Waals surface area contributed by atoms with Crippen molar-refractivity contribution in [3.63, 3.8) is 0 Å². The first-order chi connectivity index (χ1) is 10.8. The molecule has 6 nitrogen and oxygen atoms in total. The van der Waals surface area contributed by atoms with Crippen molar-refractivity contribution in [2.24, 2.45) is 5.92 Å². The third-order valence-corrected chi connectivity index (χ3v) is 4.33. The monoisotopic (exact) mass is 320 g/mol. The summed E-state index contributed by atoms with van der Waals surface area (Å²) < 4.78 is 5.13. The van der Waals surface area contributed by atoms with Gasteiger partial charge < -0.3 is 14.6 Å². The van der Waals surface area contributed by atoms with E-state index in [2.05, 4.69) is 11.9 Å². The number of esters is 1. The van der Waals surface area contributed by atoms with Crippen molar-refractivity contribution in [3.05, 3.63) is 22.5 Å². The minimum absolute atomic E-state index is 0.103. The quantitative estimate of drug-likeness (QED) is 0.681. The van der Waals surface area contributed by atoms with E-state index in [1.54, 1.807) is 18.7 Å². The number of ketones is 1. The van der Waals surface area contributed by atoms with Crippen LogP contribution in [-0.4, -0.2) is 47.2 Å². The lowest BCUT2D eigenvalue weighted by molar-refractivity contribution is -0.136. The zero-order chi connectivity index (χ0) is 17.1. The number of aryl methyl sites for hydroxylation is 1. The average Bonchev–Trinajstić information content (AvgIpc) is 2.79. The highest BCUT2D eigenvalue weighted by molar-refractivity contribution is 6.01. The Hall–Kier alpha value is -2.11. The average molecular weight is 320 g/mol. The fourth-order valence-corrected chi connectivity index (χ4v) is 3.19. The van der Waals surface area contributed by atoms with Gasteiger partial charge in [0.05, 0.1) is 0 Å². The van der Waals surface area contributed by atoms with E-state index in [0.717, 1.165) is 19.4 Å². The molecule has 126 valence electrons. The van der Waals surface area contributed by atoms with Gasteiger partial charge in [0, 0.05) is 24.3 Å². The number of hydrogen-bond acceptors (Lipinski definition) is 4. The molecule has 2 heterocycles. The number of amides is 1. The van der Waals surface area contributed by atoms with Crippen LogP contribution in [0.2, 0.25) is 0 Å². The second kappa shape index (κ2) is 6.98. The fraction of sp³-hybridized carbons (Fsp3) is 0.588. The number of carbonyl (C=O) groups is 3. The summed E-state index contributed by atoms with van der Waals surface area (Å²) in [5.74, 6) is -0.391. The molecule has 0 aliphatic carbocycles. The first-order valence-electron chi connectivity index (χ1n) is 7.96. The Kier molecular flexibility index (Phi) is 5.23. The lowest BCUT2D eigenvalue weighted by Gasteiger charge is -2.30. The normalized spacial score (nSPS) is 17.9. The van der Waals surface area contributed by atoms with Crippen LogP contribution in [0.15, 0.2) is 0 Å². The number of ether oxygens (including phenoxy) is 1. The maximum absolute atomic E-state index is 12.2. The molecule has 1 unspecified atom stereocenters. The fourth-order valence-electron chi connectivity index (χ4n) is 3.19. The third kappa shape index (κ3) is 3.81. The van der Waals surface area contributed by atoms with E-state index in [0.29, 0.717) is 29.3 Å². The second-order valence-electron chi connectivity index (χ2n) is 6.34.